The van der Waals surface area contributed by atoms with Crippen LogP contribution in [0.15, 0.2) is 94.8 Å². The van der Waals surface area contributed by atoms with E-state index in [0.717, 1.165) is 11.1 Å². The summed E-state index contributed by atoms with van der Waals surface area (Å²) < 4.78 is 16.3. The Bertz CT molecular complexity index is 1380. The minimum absolute atomic E-state index is 0.0718. The molecule has 0 radical (unpaired) electrons. The predicted octanol–water partition coefficient (Wildman–Crippen LogP) is 5.00. The molecule has 0 aliphatic heterocycles. The van der Waals surface area contributed by atoms with Gasteiger partial charge in [0.2, 0.25) is 0 Å². The zero-order valence-electron chi connectivity index (χ0n) is 19.3. The van der Waals surface area contributed by atoms with Crippen molar-refractivity contribution < 1.29 is 18.7 Å². The summed E-state index contributed by atoms with van der Waals surface area (Å²) in [6.45, 7) is 0.230. The monoisotopic (exact) mass is 482 g/mol. The second kappa shape index (κ2) is 11.7. The summed E-state index contributed by atoms with van der Waals surface area (Å²) in [6, 6.07) is 21.1. The normalized spacial score (nSPS) is 10.7. The predicted molar refractivity (Wildman–Crippen MR) is 135 cm³/mol. The lowest BCUT2D eigenvalue weighted by molar-refractivity contribution is 0.262. The van der Waals surface area contributed by atoms with E-state index in [1.54, 1.807) is 54.7 Å². The van der Waals surface area contributed by atoms with Gasteiger partial charge in [-0.05, 0) is 42.0 Å². The van der Waals surface area contributed by atoms with E-state index in [-0.39, 0.29) is 12.6 Å². The molecule has 0 fully saturated rings. The third kappa shape index (κ3) is 6.39. The highest BCUT2D eigenvalue weighted by atomic mass is 16.5. The molecule has 0 aliphatic carbocycles. The Hall–Kier alpha value is -5.30. The van der Waals surface area contributed by atoms with E-state index in [2.05, 4.69) is 25.9 Å². The van der Waals surface area contributed by atoms with Crippen LogP contribution >= 0.6 is 0 Å². The van der Waals surface area contributed by atoms with E-state index < -0.39 is 6.03 Å². The highest BCUT2D eigenvalue weighted by molar-refractivity contribution is 6.00. The van der Waals surface area contributed by atoms with Gasteiger partial charge < -0.3 is 24.5 Å². The number of oxazole rings is 1. The topological polar surface area (TPSA) is 134 Å². The third-order valence-corrected chi connectivity index (χ3v) is 4.87. The Morgan fingerprint density at radius 2 is 1.86 bits per heavy atom. The molecule has 180 valence electrons. The van der Waals surface area contributed by atoms with Crippen LogP contribution in [0.1, 0.15) is 5.56 Å². The van der Waals surface area contributed by atoms with Crippen LogP contribution in [0, 0.1) is 11.5 Å². The molecule has 36 heavy (non-hydrogen) atoms. The number of anilines is 2. The lowest BCUT2D eigenvalue weighted by Crippen LogP contribution is -2.24. The van der Waals surface area contributed by atoms with Crippen LogP contribution in [-0.2, 0) is 6.54 Å². The number of nitriles is 1. The number of nitrogens with zero attached hydrogens (tertiary/aromatic N) is 3. The van der Waals surface area contributed by atoms with Crippen LogP contribution < -0.4 is 25.4 Å². The van der Waals surface area contributed by atoms with Gasteiger partial charge >= 0.3 is 12.1 Å². The van der Waals surface area contributed by atoms with Crippen molar-refractivity contribution in [2.24, 2.45) is 4.99 Å². The molecular formula is C26H22N6O4. The highest BCUT2D eigenvalue weighted by Crippen LogP contribution is 2.32. The first-order chi connectivity index (χ1) is 17.6. The number of benzene rings is 3. The zero-order valence-corrected chi connectivity index (χ0v) is 19.3. The summed E-state index contributed by atoms with van der Waals surface area (Å²) in [7, 11) is 1.54. The molecule has 1 heterocycles. The molecule has 0 unspecified atom stereocenters. The van der Waals surface area contributed by atoms with Gasteiger partial charge in [-0.25, -0.2) is 20.1 Å². The fraction of sp³-hybridized carbons (Fsp3) is 0.0769. The second-order valence-corrected chi connectivity index (χ2v) is 7.33. The van der Waals surface area contributed by atoms with Crippen LogP contribution in [0.25, 0.3) is 11.3 Å². The molecule has 2 amide bonds. The van der Waals surface area contributed by atoms with Gasteiger partial charge in [0.1, 0.15) is 11.5 Å². The molecular weight excluding hydrogens is 460 g/mol. The van der Waals surface area contributed by atoms with Crippen molar-refractivity contribution in [2.45, 2.75) is 6.54 Å². The molecule has 4 rings (SSSR count). The standard InChI is InChI=1S/C26H22N6O4/c1-34-23-13-20(10-11-22(23)24-15-28-17-35-24)32-25(33)31-19-7-5-6-18(12-19)14-29-26(30-16-27)36-21-8-3-2-4-9-21/h2-13,15,17H,14H2,1H3,(H,29,30)(H2,31,32,33). The molecule has 10 heteroatoms. The molecule has 0 saturated carbocycles. The summed E-state index contributed by atoms with van der Waals surface area (Å²) in [5, 5.41) is 17.0. The number of carbonyl (C=O) groups excluding carboxylic acids is 1. The molecule has 0 bridgehead atoms. The van der Waals surface area contributed by atoms with Crippen molar-refractivity contribution in [1.82, 2.24) is 10.3 Å². The van der Waals surface area contributed by atoms with Crippen molar-refractivity contribution in [3.63, 3.8) is 0 Å². The lowest BCUT2D eigenvalue weighted by atomic mass is 10.1. The molecule has 4 aromatic rings. The van der Waals surface area contributed by atoms with Crippen molar-refractivity contribution in [3.8, 4) is 29.0 Å². The summed E-state index contributed by atoms with van der Waals surface area (Å²) in [6.07, 6.45) is 4.74. The molecule has 3 aromatic carbocycles. The molecule has 1 aromatic heterocycles. The van der Waals surface area contributed by atoms with Gasteiger partial charge in [-0.3, -0.25) is 0 Å². The van der Waals surface area contributed by atoms with Crippen LogP contribution in [-0.4, -0.2) is 24.1 Å². The number of hydrogen-bond donors (Lipinski definition) is 3. The summed E-state index contributed by atoms with van der Waals surface area (Å²) >= 11 is 0. The number of aliphatic imine (C=N–C) groups is 1. The molecule has 10 nitrogen and oxygen atoms in total. The van der Waals surface area contributed by atoms with Gasteiger partial charge in [-0.2, -0.15) is 5.26 Å². The van der Waals surface area contributed by atoms with Crippen molar-refractivity contribution >= 4 is 23.4 Å². The van der Waals surface area contributed by atoms with Crippen LogP contribution in [0.5, 0.6) is 11.5 Å². The Balaban J connectivity index is 1.39. The summed E-state index contributed by atoms with van der Waals surface area (Å²) in [5.41, 5.74) is 2.64. The third-order valence-electron chi connectivity index (χ3n) is 4.87. The number of methoxy groups -OCH3 is 1. The van der Waals surface area contributed by atoms with Gasteiger partial charge in [0, 0.05) is 17.4 Å². The Labute approximate surface area is 207 Å². The fourth-order valence-electron chi connectivity index (χ4n) is 3.27. The average molecular weight is 483 g/mol. The minimum Gasteiger partial charge on any atom is -0.496 e. The molecule has 0 saturated heterocycles. The smallest absolute Gasteiger partial charge is 0.323 e. The largest absolute Gasteiger partial charge is 0.496 e. The van der Waals surface area contributed by atoms with Gasteiger partial charge in [0.05, 0.1) is 25.4 Å². The number of urea groups is 1. The van der Waals surface area contributed by atoms with E-state index in [4.69, 9.17) is 19.2 Å². The number of amidine groups is 1. The van der Waals surface area contributed by atoms with E-state index in [1.807, 2.05) is 30.5 Å². The molecule has 0 spiro atoms. The van der Waals surface area contributed by atoms with E-state index in [1.165, 1.54) is 13.5 Å². The SMILES string of the molecule is COc1cc(NC(=O)Nc2cccc(CN=C(NC#N)Oc3ccccc3)c2)ccc1-c1cnco1. The second-order valence-electron chi connectivity index (χ2n) is 7.33. The highest BCUT2D eigenvalue weighted by Gasteiger charge is 2.12. The maximum atomic E-state index is 12.6. The van der Waals surface area contributed by atoms with Gasteiger partial charge in [0.25, 0.3) is 0 Å². The maximum absolute atomic E-state index is 12.6. The fourth-order valence-corrected chi connectivity index (χ4v) is 3.27. The number of nitrogens with one attached hydrogen (secondary N) is 3. The maximum Gasteiger partial charge on any atom is 0.323 e. The molecule has 0 aliphatic rings. The number of ether oxygens (including phenoxy) is 2. The van der Waals surface area contributed by atoms with Crippen LogP contribution in [0.2, 0.25) is 0 Å². The van der Waals surface area contributed by atoms with Crippen molar-refractivity contribution in [2.75, 3.05) is 17.7 Å². The Kier molecular flexibility index (Phi) is 7.76. The van der Waals surface area contributed by atoms with Crippen LogP contribution in [0.3, 0.4) is 0 Å². The Morgan fingerprint density at radius 1 is 1.06 bits per heavy atom. The lowest BCUT2D eigenvalue weighted by Gasteiger charge is -2.11. The summed E-state index contributed by atoms with van der Waals surface area (Å²) in [5.74, 6) is 1.64. The molecule has 0 atom stereocenters. The van der Waals surface area contributed by atoms with E-state index in [0.29, 0.717) is 28.6 Å². The first-order valence-electron chi connectivity index (χ1n) is 10.8. The number of para-hydroxylation sites is 1. The number of amides is 2. The summed E-state index contributed by atoms with van der Waals surface area (Å²) in [4.78, 5) is 20.8. The first kappa shape index (κ1) is 23.8. The number of aromatic nitrogens is 1. The number of hydrogen-bond acceptors (Lipinski definition) is 7. The van der Waals surface area contributed by atoms with E-state index in [9.17, 15) is 4.79 Å². The van der Waals surface area contributed by atoms with Gasteiger partial charge in [0.15, 0.2) is 18.3 Å². The van der Waals surface area contributed by atoms with E-state index >= 15 is 0 Å². The molecule has 3 N–H and O–H groups in total. The quantitative estimate of drug-likeness (QED) is 0.146. The Morgan fingerprint density at radius 3 is 2.58 bits per heavy atom. The minimum atomic E-state index is -0.427. The number of carbonyl (C=O) groups is 1. The van der Waals surface area contributed by atoms with Crippen LogP contribution in [0.4, 0.5) is 16.2 Å². The number of rotatable bonds is 7. The van der Waals surface area contributed by atoms with Gasteiger partial charge in [-0.15, -0.1) is 0 Å². The van der Waals surface area contributed by atoms with Crippen molar-refractivity contribution in [1.29, 1.82) is 5.26 Å². The van der Waals surface area contributed by atoms with Crippen molar-refractivity contribution in [3.05, 3.63) is 91.0 Å². The van der Waals surface area contributed by atoms with Gasteiger partial charge in [-0.1, -0.05) is 30.3 Å². The average Bonchev–Trinajstić information content (AvgIpc) is 3.43. The first-order valence-corrected chi connectivity index (χ1v) is 10.8. The zero-order chi connectivity index (χ0) is 25.2.